The first-order valence-electron chi connectivity index (χ1n) is 10.3. The van der Waals surface area contributed by atoms with Crippen molar-refractivity contribution in [2.75, 3.05) is 5.32 Å². The van der Waals surface area contributed by atoms with Crippen LogP contribution in [0.2, 0.25) is 5.02 Å². The van der Waals surface area contributed by atoms with Crippen molar-refractivity contribution in [1.29, 1.82) is 0 Å². The molecule has 7 heteroatoms. The number of anilines is 1. The minimum Gasteiger partial charge on any atom is -0.342 e. The number of imidazole rings is 1. The molecule has 0 radical (unpaired) electrons. The van der Waals surface area contributed by atoms with E-state index in [1.807, 2.05) is 54.8 Å². The van der Waals surface area contributed by atoms with Crippen molar-refractivity contribution < 1.29 is 9.59 Å². The molecule has 2 amide bonds. The predicted octanol–water partition coefficient (Wildman–Crippen LogP) is 5.13. The van der Waals surface area contributed by atoms with E-state index in [0.717, 1.165) is 16.6 Å². The fraction of sp³-hybridized carbons (Fsp3) is 0.160. The fourth-order valence-corrected chi connectivity index (χ4v) is 3.64. The van der Waals surface area contributed by atoms with E-state index in [2.05, 4.69) is 10.6 Å². The summed E-state index contributed by atoms with van der Waals surface area (Å²) in [6.45, 7) is 3.89. The summed E-state index contributed by atoms with van der Waals surface area (Å²) in [5, 5.41) is 6.47. The lowest BCUT2D eigenvalue weighted by Crippen LogP contribution is -2.30. The van der Waals surface area contributed by atoms with Crippen LogP contribution in [0.4, 0.5) is 5.69 Å². The molecule has 0 saturated heterocycles. The molecule has 32 heavy (non-hydrogen) atoms. The Bertz CT molecular complexity index is 1260. The standard InChI is InChI=1S/C25H23ClN4O2/c1-16-7-9-18(10-8-16)25(32)27-17(2)24-29-21-5-3-4-6-22(21)30(24)15-23(31)28-20-13-11-19(26)12-14-20/h3-14,17H,15H2,1-2H3,(H,27,32)(H,28,31). The number of hydrogen-bond donors (Lipinski definition) is 2. The fourth-order valence-electron chi connectivity index (χ4n) is 3.52. The molecular weight excluding hydrogens is 424 g/mol. The Morgan fingerprint density at radius 2 is 1.69 bits per heavy atom. The van der Waals surface area contributed by atoms with Crippen LogP contribution in [0.25, 0.3) is 11.0 Å². The van der Waals surface area contributed by atoms with E-state index in [4.69, 9.17) is 16.6 Å². The van der Waals surface area contributed by atoms with Crippen LogP contribution in [0.5, 0.6) is 0 Å². The molecule has 1 atom stereocenters. The van der Waals surface area contributed by atoms with Gasteiger partial charge in [-0.05, 0) is 62.4 Å². The number of amides is 2. The number of benzene rings is 3. The maximum absolute atomic E-state index is 12.8. The Kier molecular flexibility index (Phi) is 6.23. The van der Waals surface area contributed by atoms with Crippen LogP contribution in [-0.4, -0.2) is 21.4 Å². The molecule has 3 aromatic carbocycles. The average molecular weight is 447 g/mol. The lowest BCUT2D eigenvalue weighted by Gasteiger charge is -2.16. The van der Waals surface area contributed by atoms with Crippen molar-refractivity contribution in [3.05, 3.63) is 94.8 Å². The normalized spacial score (nSPS) is 11.8. The van der Waals surface area contributed by atoms with Crippen molar-refractivity contribution >= 4 is 40.1 Å². The van der Waals surface area contributed by atoms with Crippen LogP contribution in [0.15, 0.2) is 72.8 Å². The van der Waals surface area contributed by atoms with Gasteiger partial charge in [0.05, 0.1) is 17.1 Å². The van der Waals surface area contributed by atoms with Gasteiger partial charge < -0.3 is 15.2 Å². The molecule has 2 N–H and O–H groups in total. The smallest absolute Gasteiger partial charge is 0.251 e. The van der Waals surface area contributed by atoms with Crippen LogP contribution < -0.4 is 10.6 Å². The van der Waals surface area contributed by atoms with Gasteiger partial charge in [0.2, 0.25) is 5.91 Å². The number of carbonyl (C=O) groups is 2. The second kappa shape index (κ2) is 9.24. The van der Waals surface area contributed by atoms with E-state index in [1.54, 1.807) is 36.4 Å². The quantitative estimate of drug-likeness (QED) is 0.431. The first kappa shape index (κ1) is 21.6. The Hall–Kier alpha value is -3.64. The number of hydrogen-bond acceptors (Lipinski definition) is 3. The molecule has 162 valence electrons. The van der Waals surface area contributed by atoms with Crippen LogP contribution in [-0.2, 0) is 11.3 Å². The molecule has 1 aromatic heterocycles. The molecule has 4 aromatic rings. The number of aryl methyl sites for hydroxylation is 1. The number of para-hydroxylation sites is 2. The molecule has 0 saturated carbocycles. The third kappa shape index (κ3) is 4.81. The van der Waals surface area contributed by atoms with Crippen molar-refractivity contribution in [2.45, 2.75) is 26.4 Å². The molecule has 0 fully saturated rings. The first-order valence-corrected chi connectivity index (χ1v) is 10.7. The number of aromatic nitrogens is 2. The Labute approximate surface area is 191 Å². The maximum Gasteiger partial charge on any atom is 0.251 e. The number of fused-ring (bicyclic) bond motifs is 1. The van der Waals surface area contributed by atoms with Crippen LogP contribution in [0, 0.1) is 6.92 Å². The summed E-state index contributed by atoms with van der Waals surface area (Å²) in [7, 11) is 0. The minimum atomic E-state index is -0.403. The summed E-state index contributed by atoms with van der Waals surface area (Å²) in [6, 6.07) is 21.5. The molecule has 0 aliphatic carbocycles. The molecule has 0 aliphatic heterocycles. The highest BCUT2D eigenvalue weighted by molar-refractivity contribution is 6.30. The van der Waals surface area contributed by atoms with Gasteiger partial charge in [-0.3, -0.25) is 9.59 Å². The molecule has 0 aliphatic rings. The summed E-state index contributed by atoms with van der Waals surface area (Å²) >= 11 is 5.92. The molecule has 1 heterocycles. The lowest BCUT2D eigenvalue weighted by molar-refractivity contribution is -0.116. The Balaban J connectivity index is 1.57. The number of nitrogens with zero attached hydrogens (tertiary/aromatic N) is 2. The highest BCUT2D eigenvalue weighted by atomic mass is 35.5. The zero-order chi connectivity index (χ0) is 22.7. The van der Waals surface area contributed by atoms with E-state index >= 15 is 0 Å². The highest BCUT2D eigenvalue weighted by Gasteiger charge is 2.20. The van der Waals surface area contributed by atoms with E-state index in [1.165, 1.54) is 0 Å². The van der Waals surface area contributed by atoms with Gasteiger partial charge in [-0.25, -0.2) is 4.98 Å². The summed E-state index contributed by atoms with van der Waals surface area (Å²) in [5.41, 5.74) is 3.91. The van der Waals surface area contributed by atoms with Gasteiger partial charge in [0.1, 0.15) is 12.4 Å². The zero-order valence-corrected chi connectivity index (χ0v) is 18.6. The van der Waals surface area contributed by atoms with Gasteiger partial charge in [-0.1, -0.05) is 41.4 Å². The first-order chi connectivity index (χ1) is 15.4. The van der Waals surface area contributed by atoms with Gasteiger partial charge in [0, 0.05) is 16.3 Å². The SMILES string of the molecule is Cc1ccc(C(=O)NC(C)c2nc3ccccc3n2CC(=O)Nc2ccc(Cl)cc2)cc1. The Morgan fingerprint density at radius 3 is 2.41 bits per heavy atom. The van der Waals surface area contributed by atoms with E-state index in [0.29, 0.717) is 22.1 Å². The van der Waals surface area contributed by atoms with Crippen LogP contribution >= 0.6 is 11.6 Å². The lowest BCUT2D eigenvalue weighted by atomic mass is 10.1. The van der Waals surface area contributed by atoms with Crippen molar-refractivity contribution in [2.24, 2.45) is 0 Å². The average Bonchev–Trinajstić information content (AvgIpc) is 3.14. The van der Waals surface area contributed by atoms with Crippen molar-refractivity contribution in [3.63, 3.8) is 0 Å². The third-order valence-electron chi connectivity index (χ3n) is 5.16. The molecule has 1 unspecified atom stereocenters. The second-order valence-electron chi connectivity index (χ2n) is 7.66. The van der Waals surface area contributed by atoms with Crippen molar-refractivity contribution in [3.8, 4) is 0 Å². The van der Waals surface area contributed by atoms with Gasteiger partial charge >= 0.3 is 0 Å². The Morgan fingerprint density at radius 1 is 1.00 bits per heavy atom. The van der Waals surface area contributed by atoms with E-state index < -0.39 is 6.04 Å². The third-order valence-corrected chi connectivity index (χ3v) is 5.41. The molecule has 0 spiro atoms. The van der Waals surface area contributed by atoms with Crippen LogP contribution in [0.1, 0.15) is 34.7 Å². The molecule has 0 bridgehead atoms. The topological polar surface area (TPSA) is 76.0 Å². The number of halogens is 1. The monoisotopic (exact) mass is 446 g/mol. The largest absolute Gasteiger partial charge is 0.342 e. The molecule has 4 rings (SSSR count). The summed E-state index contributed by atoms with van der Waals surface area (Å²) in [4.78, 5) is 30.2. The van der Waals surface area contributed by atoms with Gasteiger partial charge in [-0.15, -0.1) is 0 Å². The van der Waals surface area contributed by atoms with Crippen molar-refractivity contribution in [1.82, 2.24) is 14.9 Å². The molecular formula is C25H23ClN4O2. The van der Waals surface area contributed by atoms with Gasteiger partial charge in [-0.2, -0.15) is 0 Å². The highest BCUT2D eigenvalue weighted by Crippen LogP contribution is 2.22. The second-order valence-corrected chi connectivity index (χ2v) is 8.10. The summed E-state index contributed by atoms with van der Waals surface area (Å²) < 4.78 is 1.83. The number of carbonyl (C=O) groups excluding carboxylic acids is 2. The van der Waals surface area contributed by atoms with E-state index in [9.17, 15) is 9.59 Å². The number of nitrogens with one attached hydrogen (secondary N) is 2. The van der Waals surface area contributed by atoms with Gasteiger partial charge in [0.25, 0.3) is 5.91 Å². The zero-order valence-electron chi connectivity index (χ0n) is 17.8. The van der Waals surface area contributed by atoms with E-state index in [-0.39, 0.29) is 18.4 Å². The summed E-state index contributed by atoms with van der Waals surface area (Å²) in [6.07, 6.45) is 0. The molecule has 6 nitrogen and oxygen atoms in total. The number of rotatable bonds is 6. The predicted molar refractivity (Wildman–Crippen MR) is 127 cm³/mol. The minimum absolute atomic E-state index is 0.0587. The summed E-state index contributed by atoms with van der Waals surface area (Å²) in [5.74, 6) is 0.216. The van der Waals surface area contributed by atoms with Crippen LogP contribution in [0.3, 0.4) is 0 Å². The maximum atomic E-state index is 12.8. The van der Waals surface area contributed by atoms with Gasteiger partial charge in [0.15, 0.2) is 0 Å².